The molecule has 0 aromatic heterocycles. The van der Waals surface area contributed by atoms with Crippen molar-refractivity contribution < 1.29 is 4.74 Å². The van der Waals surface area contributed by atoms with E-state index in [2.05, 4.69) is 46.7 Å². The molecule has 1 spiro atoms. The number of nitrogens with zero attached hydrogens (tertiary/aromatic N) is 3. The van der Waals surface area contributed by atoms with Crippen LogP contribution in [-0.2, 0) is 4.74 Å². The number of halogens is 1. The molecule has 5 heteroatoms. The quantitative estimate of drug-likeness (QED) is 0.460. The maximum absolute atomic E-state index is 6.04. The average Bonchev–Trinajstić information content (AvgIpc) is 3.55. The Morgan fingerprint density at radius 2 is 1.49 bits per heavy atom. The van der Waals surface area contributed by atoms with Crippen LogP contribution in [0, 0.1) is 11.3 Å². The van der Waals surface area contributed by atoms with Crippen LogP contribution in [-0.4, -0.2) is 62.9 Å². The third-order valence-electron chi connectivity index (χ3n) is 9.87. The van der Waals surface area contributed by atoms with E-state index in [4.69, 9.17) is 4.74 Å². The lowest BCUT2D eigenvalue weighted by molar-refractivity contribution is -0.00522. The minimum atomic E-state index is 0. The number of anilines is 2. The lowest BCUT2D eigenvalue weighted by atomic mass is 9.68. The van der Waals surface area contributed by atoms with Gasteiger partial charge in [-0.1, -0.05) is 12.8 Å². The standard InChI is InChI=1S/C30H47N3O.ClH/c1-23-20-33(21-24(2)34-23)27-7-8-29(32-17-15-31(16-18-32)22-25-5-6-25)28(19-27)26-9-13-30(14-10-26)11-3-4-12-30;/h7-8,19,23-26H,3-6,9-18,20-22H2,1-2H3;1H. The molecule has 1 aromatic carbocycles. The van der Waals surface area contributed by atoms with E-state index in [1.807, 2.05) is 0 Å². The summed E-state index contributed by atoms with van der Waals surface area (Å²) >= 11 is 0. The van der Waals surface area contributed by atoms with Gasteiger partial charge >= 0.3 is 0 Å². The van der Waals surface area contributed by atoms with Gasteiger partial charge in [0.05, 0.1) is 12.2 Å². The molecule has 5 aliphatic rings. The van der Waals surface area contributed by atoms with Crippen LogP contribution < -0.4 is 9.80 Å². The van der Waals surface area contributed by atoms with Crippen LogP contribution in [0.2, 0.25) is 0 Å². The molecule has 3 saturated carbocycles. The van der Waals surface area contributed by atoms with Gasteiger partial charge in [0.2, 0.25) is 0 Å². The van der Waals surface area contributed by atoms with Crippen LogP contribution in [0.15, 0.2) is 18.2 Å². The molecule has 3 aliphatic carbocycles. The van der Waals surface area contributed by atoms with E-state index in [1.54, 1.807) is 11.3 Å². The van der Waals surface area contributed by atoms with Crippen molar-refractivity contribution in [3.05, 3.63) is 23.8 Å². The molecule has 0 N–H and O–H groups in total. The maximum atomic E-state index is 6.04. The van der Waals surface area contributed by atoms with Crippen LogP contribution in [0.25, 0.3) is 0 Å². The molecule has 0 radical (unpaired) electrons. The number of piperazine rings is 1. The van der Waals surface area contributed by atoms with Crippen LogP contribution >= 0.6 is 12.4 Å². The van der Waals surface area contributed by atoms with Crippen molar-refractivity contribution in [2.75, 3.05) is 55.6 Å². The molecule has 2 unspecified atom stereocenters. The van der Waals surface area contributed by atoms with Gasteiger partial charge < -0.3 is 14.5 Å². The largest absolute Gasteiger partial charge is 0.372 e. The van der Waals surface area contributed by atoms with Gasteiger partial charge in [0, 0.05) is 57.2 Å². The van der Waals surface area contributed by atoms with Gasteiger partial charge in [-0.05, 0) is 106 Å². The third kappa shape index (κ3) is 5.80. The highest BCUT2D eigenvalue weighted by Crippen LogP contribution is 2.53. The van der Waals surface area contributed by atoms with Gasteiger partial charge in [0.15, 0.2) is 0 Å². The van der Waals surface area contributed by atoms with Crippen molar-refractivity contribution in [2.45, 2.75) is 96.2 Å². The van der Waals surface area contributed by atoms with E-state index < -0.39 is 0 Å². The Morgan fingerprint density at radius 1 is 0.829 bits per heavy atom. The number of rotatable bonds is 5. The maximum Gasteiger partial charge on any atom is 0.0726 e. The normalized spacial score (nSPS) is 30.0. The molecule has 196 valence electrons. The number of ether oxygens (including phenoxy) is 1. The summed E-state index contributed by atoms with van der Waals surface area (Å²) in [4.78, 5) is 8.04. The number of hydrogen-bond acceptors (Lipinski definition) is 4. The second kappa shape index (κ2) is 10.8. The zero-order chi connectivity index (χ0) is 23.1. The zero-order valence-corrected chi connectivity index (χ0v) is 23.0. The van der Waals surface area contributed by atoms with Crippen LogP contribution in [0.4, 0.5) is 11.4 Å². The summed E-state index contributed by atoms with van der Waals surface area (Å²) in [5, 5.41) is 0. The van der Waals surface area contributed by atoms with Crippen LogP contribution in [0.5, 0.6) is 0 Å². The molecule has 4 nitrogen and oxygen atoms in total. The Bertz CT molecular complexity index is 824. The van der Waals surface area contributed by atoms with Gasteiger partial charge in [-0.2, -0.15) is 0 Å². The lowest BCUT2D eigenvalue weighted by Crippen LogP contribution is -2.47. The monoisotopic (exact) mass is 501 g/mol. The molecule has 6 rings (SSSR count). The molecule has 35 heavy (non-hydrogen) atoms. The molecular formula is C30H48ClN3O. The Balaban J connectivity index is 0.00000253. The first-order valence-electron chi connectivity index (χ1n) is 14.6. The Hall–Kier alpha value is -0.970. The van der Waals surface area contributed by atoms with E-state index >= 15 is 0 Å². The van der Waals surface area contributed by atoms with Crippen molar-refractivity contribution in [3.63, 3.8) is 0 Å². The van der Waals surface area contributed by atoms with E-state index in [1.165, 1.54) is 103 Å². The molecular weight excluding hydrogens is 454 g/mol. The highest BCUT2D eigenvalue weighted by molar-refractivity contribution is 5.85. The molecule has 2 heterocycles. The fourth-order valence-electron chi connectivity index (χ4n) is 7.75. The molecule has 5 fully saturated rings. The zero-order valence-electron chi connectivity index (χ0n) is 22.2. The summed E-state index contributed by atoms with van der Waals surface area (Å²) in [6, 6.07) is 7.52. The molecule has 2 aliphatic heterocycles. The number of hydrogen-bond donors (Lipinski definition) is 0. The van der Waals surface area contributed by atoms with Crippen molar-refractivity contribution in [3.8, 4) is 0 Å². The topological polar surface area (TPSA) is 19.0 Å². The van der Waals surface area contributed by atoms with Gasteiger partial charge in [-0.15, -0.1) is 12.4 Å². The Kier molecular flexibility index (Phi) is 7.92. The van der Waals surface area contributed by atoms with Crippen LogP contribution in [0.1, 0.15) is 89.5 Å². The molecule has 1 aromatic rings. The first-order valence-corrected chi connectivity index (χ1v) is 14.6. The predicted octanol–water partition coefficient (Wildman–Crippen LogP) is 6.47. The van der Waals surface area contributed by atoms with Crippen molar-refractivity contribution >= 4 is 23.8 Å². The fraction of sp³-hybridized carbons (Fsp3) is 0.800. The summed E-state index contributed by atoms with van der Waals surface area (Å²) in [7, 11) is 0. The summed E-state index contributed by atoms with van der Waals surface area (Å²) < 4.78 is 6.04. The minimum Gasteiger partial charge on any atom is -0.372 e. The van der Waals surface area contributed by atoms with E-state index in [-0.39, 0.29) is 12.4 Å². The summed E-state index contributed by atoms with van der Waals surface area (Å²) in [5.41, 5.74) is 5.34. The third-order valence-corrected chi connectivity index (χ3v) is 9.87. The predicted molar refractivity (Wildman–Crippen MR) is 149 cm³/mol. The van der Waals surface area contributed by atoms with Crippen molar-refractivity contribution in [1.82, 2.24) is 4.90 Å². The number of morpholine rings is 1. The Labute approximate surface area is 220 Å². The highest BCUT2D eigenvalue weighted by atomic mass is 35.5. The van der Waals surface area contributed by atoms with Crippen LogP contribution in [0.3, 0.4) is 0 Å². The summed E-state index contributed by atoms with van der Waals surface area (Å²) in [6.45, 7) is 12.7. The van der Waals surface area contributed by atoms with E-state index in [0.29, 0.717) is 17.6 Å². The smallest absolute Gasteiger partial charge is 0.0726 e. The lowest BCUT2D eigenvalue weighted by Gasteiger charge is -2.42. The molecule has 0 amide bonds. The molecule has 2 atom stereocenters. The first-order chi connectivity index (χ1) is 16.6. The average molecular weight is 502 g/mol. The molecule has 0 bridgehead atoms. The second-order valence-electron chi connectivity index (χ2n) is 12.6. The SMILES string of the molecule is CC1CN(c2ccc(N3CCN(CC4CC4)CC3)c(C3CCC4(CCCC4)CC3)c2)CC(C)O1.Cl. The first kappa shape index (κ1) is 25.7. The minimum absolute atomic E-state index is 0. The van der Waals surface area contributed by atoms with Gasteiger partial charge in [0.1, 0.15) is 0 Å². The number of benzene rings is 1. The Morgan fingerprint density at radius 3 is 2.11 bits per heavy atom. The van der Waals surface area contributed by atoms with E-state index in [0.717, 1.165) is 24.9 Å². The second-order valence-corrected chi connectivity index (χ2v) is 12.6. The van der Waals surface area contributed by atoms with Crippen molar-refractivity contribution in [2.24, 2.45) is 11.3 Å². The summed E-state index contributed by atoms with van der Waals surface area (Å²) in [5.74, 6) is 1.74. The van der Waals surface area contributed by atoms with Gasteiger partial charge in [-0.25, -0.2) is 0 Å². The van der Waals surface area contributed by atoms with E-state index in [9.17, 15) is 0 Å². The molecule has 2 saturated heterocycles. The summed E-state index contributed by atoms with van der Waals surface area (Å²) in [6.07, 6.45) is 15.2. The highest BCUT2D eigenvalue weighted by Gasteiger charge is 2.39. The van der Waals surface area contributed by atoms with Gasteiger partial charge in [-0.3, -0.25) is 4.90 Å². The van der Waals surface area contributed by atoms with Gasteiger partial charge in [0.25, 0.3) is 0 Å². The van der Waals surface area contributed by atoms with Crippen molar-refractivity contribution in [1.29, 1.82) is 0 Å². The fourth-order valence-corrected chi connectivity index (χ4v) is 7.75.